The first-order valence-corrected chi connectivity index (χ1v) is 7.50. The molecule has 4 nitrogen and oxygen atoms in total. The Morgan fingerprint density at radius 3 is 2.85 bits per heavy atom. The Morgan fingerprint density at radius 2 is 2.15 bits per heavy atom. The number of hydrogen-bond donors (Lipinski definition) is 1. The number of carbonyl (C=O) groups is 1. The van der Waals surface area contributed by atoms with Gasteiger partial charge in [0.2, 0.25) is 0 Å². The van der Waals surface area contributed by atoms with Crippen LogP contribution in [0.15, 0.2) is 24.3 Å². The third-order valence-electron chi connectivity index (χ3n) is 3.26. The second kappa shape index (κ2) is 5.52. The van der Waals surface area contributed by atoms with Gasteiger partial charge in [0.1, 0.15) is 5.01 Å². The first-order valence-electron chi connectivity index (χ1n) is 6.30. The molecule has 6 heteroatoms. The van der Waals surface area contributed by atoms with E-state index in [1.807, 2.05) is 29.2 Å². The number of benzene rings is 1. The van der Waals surface area contributed by atoms with E-state index in [9.17, 15) is 4.79 Å². The maximum absolute atomic E-state index is 10.8. The standard InChI is InChI=1S/C14H13ClN2O2S/c15-10-3-1-9(2-4-10)14-16-11-5-6-17(8-13(18)19)7-12(11)20-14/h1-4H,5-8H2,(H,18,19). The van der Waals surface area contributed by atoms with Crippen molar-refractivity contribution in [2.75, 3.05) is 13.1 Å². The van der Waals surface area contributed by atoms with Gasteiger partial charge in [-0.15, -0.1) is 11.3 Å². The summed E-state index contributed by atoms with van der Waals surface area (Å²) in [6.45, 7) is 1.52. The fraction of sp³-hybridized carbons (Fsp3) is 0.286. The highest BCUT2D eigenvalue weighted by atomic mass is 35.5. The lowest BCUT2D eigenvalue weighted by Gasteiger charge is -2.23. The maximum atomic E-state index is 10.8. The molecule has 0 fully saturated rings. The summed E-state index contributed by atoms with van der Waals surface area (Å²) in [6, 6.07) is 7.63. The van der Waals surface area contributed by atoms with E-state index in [2.05, 4.69) is 4.98 Å². The van der Waals surface area contributed by atoms with Gasteiger partial charge in [0, 0.05) is 35.0 Å². The van der Waals surface area contributed by atoms with Crippen LogP contribution < -0.4 is 0 Å². The average Bonchev–Trinajstić information content (AvgIpc) is 2.81. The van der Waals surface area contributed by atoms with Gasteiger partial charge in [-0.1, -0.05) is 23.7 Å². The maximum Gasteiger partial charge on any atom is 0.317 e. The van der Waals surface area contributed by atoms with Crippen LogP contribution in [-0.4, -0.2) is 34.0 Å². The van der Waals surface area contributed by atoms with Gasteiger partial charge in [-0.3, -0.25) is 9.69 Å². The zero-order valence-electron chi connectivity index (χ0n) is 10.7. The zero-order valence-corrected chi connectivity index (χ0v) is 12.2. The van der Waals surface area contributed by atoms with Gasteiger partial charge in [-0.25, -0.2) is 4.98 Å². The van der Waals surface area contributed by atoms with Crippen LogP contribution in [0.4, 0.5) is 0 Å². The number of hydrogen-bond acceptors (Lipinski definition) is 4. The van der Waals surface area contributed by atoms with Crippen molar-refractivity contribution in [1.82, 2.24) is 9.88 Å². The van der Waals surface area contributed by atoms with E-state index >= 15 is 0 Å². The molecule has 0 unspecified atom stereocenters. The molecule has 1 N–H and O–H groups in total. The second-order valence-electron chi connectivity index (χ2n) is 4.75. The van der Waals surface area contributed by atoms with Crippen molar-refractivity contribution in [3.8, 4) is 10.6 Å². The van der Waals surface area contributed by atoms with Crippen LogP contribution in [0.2, 0.25) is 5.02 Å². The fourth-order valence-corrected chi connectivity index (χ4v) is 3.57. The summed E-state index contributed by atoms with van der Waals surface area (Å²) in [5.41, 5.74) is 2.15. The molecule has 0 saturated heterocycles. The molecular weight excluding hydrogens is 296 g/mol. The molecule has 1 aromatic carbocycles. The Bertz CT molecular complexity index is 639. The first kappa shape index (κ1) is 13.5. The number of fused-ring (bicyclic) bond motifs is 1. The van der Waals surface area contributed by atoms with Crippen LogP contribution in [0.1, 0.15) is 10.6 Å². The first-order chi connectivity index (χ1) is 9.61. The van der Waals surface area contributed by atoms with Crippen LogP contribution >= 0.6 is 22.9 Å². The largest absolute Gasteiger partial charge is 0.480 e. The van der Waals surface area contributed by atoms with E-state index in [0.717, 1.165) is 29.2 Å². The van der Waals surface area contributed by atoms with Crippen molar-refractivity contribution in [3.05, 3.63) is 39.9 Å². The summed E-state index contributed by atoms with van der Waals surface area (Å²) in [7, 11) is 0. The van der Waals surface area contributed by atoms with Crippen molar-refractivity contribution in [2.45, 2.75) is 13.0 Å². The molecule has 0 saturated carbocycles. The van der Waals surface area contributed by atoms with Crippen molar-refractivity contribution >= 4 is 28.9 Å². The van der Waals surface area contributed by atoms with Gasteiger partial charge >= 0.3 is 5.97 Å². The van der Waals surface area contributed by atoms with Crippen LogP contribution in [0.3, 0.4) is 0 Å². The molecule has 3 rings (SSSR count). The molecule has 2 heterocycles. The highest BCUT2D eigenvalue weighted by Crippen LogP contribution is 2.32. The molecule has 0 atom stereocenters. The highest BCUT2D eigenvalue weighted by Gasteiger charge is 2.22. The lowest BCUT2D eigenvalue weighted by Crippen LogP contribution is -2.34. The van der Waals surface area contributed by atoms with E-state index < -0.39 is 5.97 Å². The Morgan fingerprint density at radius 1 is 1.40 bits per heavy atom. The molecule has 1 aliphatic rings. The summed E-state index contributed by atoms with van der Waals surface area (Å²) in [5, 5.41) is 10.5. The number of aliphatic carboxylic acids is 1. The Hall–Kier alpha value is -1.43. The average molecular weight is 309 g/mol. The van der Waals surface area contributed by atoms with E-state index in [1.165, 1.54) is 4.88 Å². The molecule has 0 bridgehead atoms. The smallest absolute Gasteiger partial charge is 0.317 e. The number of carboxylic acid groups (broad SMARTS) is 1. The van der Waals surface area contributed by atoms with Gasteiger partial charge in [0.05, 0.1) is 12.2 Å². The number of rotatable bonds is 3. The molecule has 20 heavy (non-hydrogen) atoms. The number of carboxylic acids is 1. The third kappa shape index (κ3) is 2.85. The molecule has 0 aliphatic carbocycles. The van der Waals surface area contributed by atoms with E-state index in [-0.39, 0.29) is 6.54 Å². The third-order valence-corrected chi connectivity index (χ3v) is 4.64. The van der Waals surface area contributed by atoms with Crippen molar-refractivity contribution < 1.29 is 9.90 Å². The molecule has 1 aliphatic heterocycles. The molecule has 1 aromatic heterocycles. The van der Waals surface area contributed by atoms with Crippen LogP contribution in [0, 0.1) is 0 Å². The fourth-order valence-electron chi connectivity index (χ4n) is 2.29. The minimum absolute atomic E-state index is 0.0909. The highest BCUT2D eigenvalue weighted by molar-refractivity contribution is 7.15. The monoisotopic (exact) mass is 308 g/mol. The zero-order chi connectivity index (χ0) is 14.1. The Balaban J connectivity index is 1.83. The molecule has 0 amide bonds. The Labute approximate surface area is 125 Å². The predicted molar refractivity (Wildman–Crippen MR) is 79.2 cm³/mol. The topological polar surface area (TPSA) is 53.4 Å². The molecule has 0 radical (unpaired) electrons. The summed E-state index contributed by atoms with van der Waals surface area (Å²) in [4.78, 5) is 18.5. The molecule has 0 spiro atoms. The lowest BCUT2D eigenvalue weighted by atomic mass is 10.2. The number of halogens is 1. The van der Waals surface area contributed by atoms with Gasteiger partial charge in [0.15, 0.2) is 0 Å². The van der Waals surface area contributed by atoms with Gasteiger partial charge < -0.3 is 5.11 Å². The van der Waals surface area contributed by atoms with Crippen LogP contribution in [0.25, 0.3) is 10.6 Å². The van der Waals surface area contributed by atoms with Gasteiger partial charge in [-0.2, -0.15) is 0 Å². The molecule has 2 aromatic rings. The minimum Gasteiger partial charge on any atom is -0.480 e. The summed E-state index contributed by atoms with van der Waals surface area (Å²) in [6.07, 6.45) is 0.812. The SMILES string of the molecule is O=C(O)CN1CCc2nc(-c3ccc(Cl)cc3)sc2C1. The summed E-state index contributed by atoms with van der Waals surface area (Å²) in [5.74, 6) is -0.782. The van der Waals surface area contributed by atoms with Crippen molar-refractivity contribution in [1.29, 1.82) is 0 Å². The normalized spacial score (nSPS) is 15.1. The summed E-state index contributed by atoms with van der Waals surface area (Å²) < 4.78 is 0. The predicted octanol–water partition coefficient (Wildman–Crippen LogP) is 2.91. The quantitative estimate of drug-likeness (QED) is 0.947. The van der Waals surface area contributed by atoms with Crippen LogP contribution in [-0.2, 0) is 17.8 Å². The Kier molecular flexibility index (Phi) is 3.74. The number of nitrogens with zero attached hydrogens (tertiary/aromatic N) is 2. The van der Waals surface area contributed by atoms with Crippen LogP contribution in [0.5, 0.6) is 0 Å². The van der Waals surface area contributed by atoms with Crippen molar-refractivity contribution in [3.63, 3.8) is 0 Å². The minimum atomic E-state index is -0.782. The van der Waals surface area contributed by atoms with Gasteiger partial charge in [-0.05, 0) is 12.1 Å². The number of aromatic nitrogens is 1. The lowest BCUT2D eigenvalue weighted by molar-refractivity contribution is -0.138. The van der Waals surface area contributed by atoms with Gasteiger partial charge in [0.25, 0.3) is 0 Å². The van der Waals surface area contributed by atoms with E-state index in [4.69, 9.17) is 16.7 Å². The molecule has 104 valence electrons. The second-order valence-corrected chi connectivity index (χ2v) is 6.27. The molecular formula is C14H13ClN2O2S. The summed E-state index contributed by atoms with van der Waals surface area (Å²) >= 11 is 7.52. The number of thiazole rings is 1. The van der Waals surface area contributed by atoms with E-state index in [1.54, 1.807) is 11.3 Å². The van der Waals surface area contributed by atoms with Crippen molar-refractivity contribution in [2.24, 2.45) is 0 Å². The van der Waals surface area contributed by atoms with E-state index in [0.29, 0.717) is 11.6 Å².